The number of esters is 1. The number of ether oxygens (including phenoxy) is 2. The van der Waals surface area contributed by atoms with Crippen LogP contribution < -0.4 is 15.4 Å². The number of amides is 2. The minimum atomic E-state index is -0.733. The second kappa shape index (κ2) is 9.59. The van der Waals surface area contributed by atoms with Crippen LogP contribution in [0.5, 0.6) is 5.75 Å². The Balaban J connectivity index is 1.78. The molecule has 0 unspecified atom stereocenters. The summed E-state index contributed by atoms with van der Waals surface area (Å²) >= 11 is 5.88. The first-order valence-corrected chi connectivity index (χ1v) is 8.40. The average Bonchev–Trinajstić information content (AvgIpc) is 2.65. The minimum absolute atomic E-state index is 0.347. The van der Waals surface area contributed by atoms with Crippen molar-refractivity contribution in [3.05, 3.63) is 58.6 Å². The van der Waals surface area contributed by atoms with Gasteiger partial charge >= 0.3 is 5.97 Å². The third-order valence-electron chi connectivity index (χ3n) is 3.51. The lowest BCUT2D eigenvalue weighted by Gasteiger charge is -2.11. The van der Waals surface area contributed by atoms with Crippen molar-refractivity contribution in [3.63, 3.8) is 0 Å². The maximum absolute atomic E-state index is 11.9. The van der Waals surface area contributed by atoms with Gasteiger partial charge in [-0.2, -0.15) is 0 Å². The Hall–Kier alpha value is -3.06. The van der Waals surface area contributed by atoms with Gasteiger partial charge in [0, 0.05) is 10.6 Å². The first kappa shape index (κ1) is 20.3. The van der Waals surface area contributed by atoms with Crippen molar-refractivity contribution in [2.75, 3.05) is 25.6 Å². The SMILES string of the molecule is COc1ccc(Cl)cc1NC(=O)COC(=O)CNC(=O)c1ccc(C)cc1. The van der Waals surface area contributed by atoms with Gasteiger partial charge in [0.2, 0.25) is 0 Å². The van der Waals surface area contributed by atoms with Gasteiger partial charge < -0.3 is 20.1 Å². The Morgan fingerprint density at radius 3 is 2.44 bits per heavy atom. The molecule has 0 spiro atoms. The molecule has 0 saturated heterocycles. The molecule has 0 saturated carbocycles. The largest absolute Gasteiger partial charge is 0.495 e. The van der Waals surface area contributed by atoms with Crippen LogP contribution >= 0.6 is 11.6 Å². The maximum Gasteiger partial charge on any atom is 0.325 e. The quantitative estimate of drug-likeness (QED) is 0.709. The van der Waals surface area contributed by atoms with E-state index in [1.54, 1.807) is 36.4 Å². The topological polar surface area (TPSA) is 93.7 Å². The summed E-state index contributed by atoms with van der Waals surface area (Å²) in [5.41, 5.74) is 1.81. The molecule has 0 aliphatic rings. The number of anilines is 1. The molecule has 2 aromatic carbocycles. The molecular formula is C19H19ClN2O5. The highest BCUT2D eigenvalue weighted by atomic mass is 35.5. The van der Waals surface area contributed by atoms with Crippen LogP contribution in [-0.4, -0.2) is 38.0 Å². The van der Waals surface area contributed by atoms with Gasteiger partial charge in [0.1, 0.15) is 12.3 Å². The van der Waals surface area contributed by atoms with Gasteiger partial charge in [-0.3, -0.25) is 14.4 Å². The zero-order valence-corrected chi connectivity index (χ0v) is 15.6. The molecule has 0 aromatic heterocycles. The van der Waals surface area contributed by atoms with E-state index in [2.05, 4.69) is 10.6 Å². The lowest BCUT2D eigenvalue weighted by molar-refractivity contribution is -0.146. The van der Waals surface area contributed by atoms with E-state index < -0.39 is 24.4 Å². The van der Waals surface area contributed by atoms with E-state index in [4.69, 9.17) is 21.1 Å². The fraction of sp³-hybridized carbons (Fsp3) is 0.211. The number of rotatable bonds is 7. The van der Waals surface area contributed by atoms with Crippen LogP contribution in [0.2, 0.25) is 5.02 Å². The highest BCUT2D eigenvalue weighted by molar-refractivity contribution is 6.31. The summed E-state index contributed by atoms with van der Waals surface area (Å²) in [5, 5.41) is 5.39. The summed E-state index contributed by atoms with van der Waals surface area (Å²) in [4.78, 5) is 35.5. The molecule has 0 radical (unpaired) electrons. The molecule has 0 aliphatic carbocycles. The summed E-state index contributed by atoms with van der Waals surface area (Å²) in [7, 11) is 1.45. The number of carbonyl (C=O) groups excluding carboxylic acids is 3. The van der Waals surface area contributed by atoms with Crippen molar-refractivity contribution in [1.82, 2.24) is 5.32 Å². The Bertz CT molecular complexity index is 836. The van der Waals surface area contributed by atoms with Crippen LogP contribution in [0.1, 0.15) is 15.9 Å². The number of halogens is 1. The molecule has 27 heavy (non-hydrogen) atoms. The van der Waals surface area contributed by atoms with Crippen LogP contribution in [0.25, 0.3) is 0 Å². The van der Waals surface area contributed by atoms with Gasteiger partial charge in [-0.15, -0.1) is 0 Å². The predicted octanol–water partition coefficient (Wildman–Crippen LogP) is 2.57. The molecule has 2 N–H and O–H groups in total. The summed E-state index contributed by atoms with van der Waals surface area (Å²) < 4.78 is 9.96. The van der Waals surface area contributed by atoms with Crippen LogP contribution in [0.4, 0.5) is 5.69 Å². The number of methoxy groups -OCH3 is 1. The van der Waals surface area contributed by atoms with Crippen LogP contribution in [-0.2, 0) is 14.3 Å². The van der Waals surface area contributed by atoms with Crippen molar-refractivity contribution in [3.8, 4) is 5.75 Å². The van der Waals surface area contributed by atoms with E-state index in [0.717, 1.165) is 5.56 Å². The predicted molar refractivity (Wildman–Crippen MR) is 101 cm³/mol. The Kier molecular flexibility index (Phi) is 7.19. The first-order valence-electron chi connectivity index (χ1n) is 8.03. The molecule has 2 aromatic rings. The summed E-state index contributed by atoms with van der Waals surface area (Å²) in [6, 6.07) is 11.6. The highest BCUT2D eigenvalue weighted by Crippen LogP contribution is 2.27. The zero-order chi connectivity index (χ0) is 19.8. The second-order valence-electron chi connectivity index (χ2n) is 5.60. The molecule has 0 atom stereocenters. The van der Waals surface area contributed by atoms with Gasteiger partial charge in [0.15, 0.2) is 6.61 Å². The fourth-order valence-electron chi connectivity index (χ4n) is 2.12. The lowest BCUT2D eigenvalue weighted by Crippen LogP contribution is -2.32. The van der Waals surface area contributed by atoms with Crippen molar-refractivity contribution >= 4 is 35.1 Å². The highest BCUT2D eigenvalue weighted by Gasteiger charge is 2.12. The summed E-state index contributed by atoms with van der Waals surface area (Å²) in [6.07, 6.45) is 0. The summed E-state index contributed by atoms with van der Waals surface area (Å²) in [6.45, 7) is 1.05. The second-order valence-corrected chi connectivity index (χ2v) is 6.04. The summed E-state index contributed by atoms with van der Waals surface area (Å²) in [5.74, 6) is -1.28. The number of hydrogen-bond acceptors (Lipinski definition) is 5. The number of hydrogen-bond donors (Lipinski definition) is 2. The third-order valence-corrected chi connectivity index (χ3v) is 3.74. The molecule has 7 nitrogen and oxygen atoms in total. The smallest absolute Gasteiger partial charge is 0.325 e. The number of benzene rings is 2. The van der Waals surface area contributed by atoms with Crippen LogP contribution in [0.3, 0.4) is 0 Å². The van der Waals surface area contributed by atoms with Gasteiger partial charge in [-0.1, -0.05) is 29.3 Å². The normalized spacial score (nSPS) is 10.0. The lowest BCUT2D eigenvalue weighted by atomic mass is 10.1. The fourth-order valence-corrected chi connectivity index (χ4v) is 2.29. The van der Waals surface area contributed by atoms with Crippen molar-refractivity contribution in [1.29, 1.82) is 0 Å². The molecule has 2 rings (SSSR count). The van der Waals surface area contributed by atoms with Gasteiger partial charge in [-0.25, -0.2) is 0 Å². The zero-order valence-electron chi connectivity index (χ0n) is 14.9. The van der Waals surface area contributed by atoms with Crippen LogP contribution in [0.15, 0.2) is 42.5 Å². The molecule has 0 aliphatic heterocycles. The van der Waals surface area contributed by atoms with E-state index >= 15 is 0 Å². The molecule has 0 heterocycles. The Morgan fingerprint density at radius 2 is 1.78 bits per heavy atom. The van der Waals surface area contributed by atoms with Crippen molar-refractivity contribution in [2.45, 2.75) is 6.92 Å². The van der Waals surface area contributed by atoms with Gasteiger partial charge in [0.25, 0.3) is 11.8 Å². The minimum Gasteiger partial charge on any atom is -0.495 e. The molecule has 142 valence electrons. The standard InChI is InChI=1S/C19H19ClN2O5/c1-12-3-5-13(6-4-12)19(25)21-10-18(24)27-11-17(23)22-15-9-14(20)7-8-16(15)26-2/h3-9H,10-11H2,1-2H3,(H,21,25)(H,22,23). The molecule has 0 bridgehead atoms. The monoisotopic (exact) mass is 390 g/mol. The molecule has 0 fully saturated rings. The van der Waals surface area contributed by atoms with E-state index in [0.29, 0.717) is 22.0 Å². The van der Waals surface area contributed by atoms with Crippen molar-refractivity contribution < 1.29 is 23.9 Å². The van der Waals surface area contributed by atoms with E-state index in [1.165, 1.54) is 13.2 Å². The van der Waals surface area contributed by atoms with E-state index in [-0.39, 0.29) is 6.54 Å². The van der Waals surface area contributed by atoms with Gasteiger partial charge in [-0.05, 0) is 37.3 Å². The first-order chi connectivity index (χ1) is 12.9. The number of nitrogens with one attached hydrogen (secondary N) is 2. The molecule has 8 heteroatoms. The van der Waals surface area contributed by atoms with E-state index in [9.17, 15) is 14.4 Å². The Morgan fingerprint density at radius 1 is 1.07 bits per heavy atom. The van der Waals surface area contributed by atoms with Crippen LogP contribution in [0, 0.1) is 6.92 Å². The number of aryl methyl sites for hydroxylation is 1. The average molecular weight is 391 g/mol. The van der Waals surface area contributed by atoms with E-state index in [1.807, 2.05) is 6.92 Å². The maximum atomic E-state index is 11.9. The van der Waals surface area contributed by atoms with Gasteiger partial charge in [0.05, 0.1) is 12.8 Å². The number of carbonyl (C=O) groups is 3. The molecular weight excluding hydrogens is 372 g/mol. The molecule has 2 amide bonds. The third kappa shape index (κ3) is 6.31. The Labute approximate surface area is 161 Å². The van der Waals surface area contributed by atoms with Crippen molar-refractivity contribution in [2.24, 2.45) is 0 Å².